The van der Waals surface area contributed by atoms with Crippen molar-refractivity contribution in [1.29, 1.82) is 0 Å². The highest BCUT2D eigenvalue weighted by molar-refractivity contribution is 6.09. The second-order valence-electron chi connectivity index (χ2n) is 6.92. The number of hydrogen-bond acceptors (Lipinski definition) is 5. The van der Waals surface area contributed by atoms with Crippen LogP contribution in [0.15, 0.2) is 42.5 Å². The van der Waals surface area contributed by atoms with Gasteiger partial charge in [0, 0.05) is 35.3 Å². The van der Waals surface area contributed by atoms with Crippen LogP contribution in [0.1, 0.15) is 39.1 Å². The monoisotopic (exact) mass is 393 g/mol. The number of benzene rings is 2. The molecular formula is C21H19N3O5. The first-order valence-electron chi connectivity index (χ1n) is 9.20. The Morgan fingerprint density at radius 1 is 1.17 bits per heavy atom. The van der Waals surface area contributed by atoms with Crippen LogP contribution >= 0.6 is 0 Å². The maximum absolute atomic E-state index is 12.8. The van der Waals surface area contributed by atoms with Crippen LogP contribution in [-0.4, -0.2) is 41.7 Å². The van der Waals surface area contributed by atoms with Gasteiger partial charge < -0.3 is 15.0 Å². The maximum Gasteiger partial charge on any atom is 0.255 e. The van der Waals surface area contributed by atoms with Crippen LogP contribution in [0, 0.1) is 0 Å². The van der Waals surface area contributed by atoms with Crippen molar-refractivity contribution in [3.8, 4) is 5.75 Å². The van der Waals surface area contributed by atoms with Gasteiger partial charge in [0.1, 0.15) is 11.8 Å². The van der Waals surface area contributed by atoms with Gasteiger partial charge in [0.05, 0.1) is 7.11 Å². The van der Waals surface area contributed by atoms with Gasteiger partial charge in [-0.15, -0.1) is 0 Å². The minimum Gasteiger partial charge on any atom is -0.497 e. The number of nitrogens with zero attached hydrogens (tertiary/aromatic N) is 1. The summed E-state index contributed by atoms with van der Waals surface area (Å²) < 4.78 is 5.15. The molecule has 8 heteroatoms. The number of methoxy groups -OCH3 is 1. The van der Waals surface area contributed by atoms with Crippen molar-refractivity contribution in [2.45, 2.75) is 25.4 Å². The largest absolute Gasteiger partial charge is 0.497 e. The Hall–Kier alpha value is -3.68. The summed E-state index contributed by atoms with van der Waals surface area (Å²) in [6.45, 7) is 0.189. The molecule has 29 heavy (non-hydrogen) atoms. The maximum atomic E-state index is 12.8. The summed E-state index contributed by atoms with van der Waals surface area (Å²) in [7, 11) is 1.52. The number of anilines is 1. The lowest BCUT2D eigenvalue weighted by molar-refractivity contribution is -0.136. The average Bonchev–Trinajstić information content (AvgIpc) is 3.05. The second-order valence-corrected chi connectivity index (χ2v) is 6.92. The molecule has 2 N–H and O–H groups in total. The van der Waals surface area contributed by atoms with E-state index in [4.69, 9.17) is 4.74 Å². The molecule has 1 unspecified atom stereocenters. The SMILES string of the molecule is COc1cccc(C(=O)Nc2cccc3c2CN(C2CCC(=O)NC2=O)C3=O)c1. The summed E-state index contributed by atoms with van der Waals surface area (Å²) in [4.78, 5) is 50.6. The van der Waals surface area contributed by atoms with Crippen LogP contribution in [0.3, 0.4) is 0 Å². The molecule has 1 saturated heterocycles. The first kappa shape index (κ1) is 18.7. The van der Waals surface area contributed by atoms with Crippen LogP contribution in [0.4, 0.5) is 5.69 Å². The Morgan fingerprint density at radius 3 is 2.72 bits per heavy atom. The number of amides is 4. The number of hydrogen-bond donors (Lipinski definition) is 2. The van der Waals surface area contributed by atoms with Crippen molar-refractivity contribution < 1.29 is 23.9 Å². The average molecular weight is 393 g/mol. The molecule has 0 radical (unpaired) electrons. The highest BCUT2D eigenvalue weighted by atomic mass is 16.5. The van der Waals surface area contributed by atoms with E-state index in [9.17, 15) is 19.2 Å². The zero-order chi connectivity index (χ0) is 20.5. The van der Waals surface area contributed by atoms with E-state index in [1.807, 2.05) is 0 Å². The fourth-order valence-electron chi connectivity index (χ4n) is 3.66. The molecule has 0 spiro atoms. The smallest absolute Gasteiger partial charge is 0.255 e. The number of imide groups is 1. The third-order valence-corrected chi connectivity index (χ3v) is 5.16. The molecule has 2 heterocycles. The zero-order valence-corrected chi connectivity index (χ0v) is 15.7. The molecule has 1 atom stereocenters. The van der Waals surface area contributed by atoms with Gasteiger partial charge in [0.2, 0.25) is 11.8 Å². The van der Waals surface area contributed by atoms with Crippen molar-refractivity contribution in [1.82, 2.24) is 10.2 Å². The van der Waals surface area contributed by atoms with Crippen molar-refractivity contribution in [2.75, 3.05) is 12.4 Å². The Balaban J connectivity index is 1.57. The molecule has 148 valence electrons. The van der Waals surface area contributed by atoms with Gasteiger partial charge >= 0.3 is 0 Å². The van der Waals surface area contributed by atoms with Gasteiger partial charge in [-0.3, -0.25) is 24.5 Å². The van der Waals surface area contributed by atoms with Crippen molar-refractivity contribution in [2.24, 2.45) is 0 Å². The fourth-order valence-corrected chi connectivity index (χ4v) is 3.66. The summed E-state index contributed by atoms with van der Waals surface area (Å²) in [5, 5.41) is 5.12. The minimum absolute atomic E-state index is 0.189. The molecule has 2 aliphatic heterocycles. The Morgan fingerprint density at radius 2 is 1.97 bits per heavy atom. The third-order valence-electron chi connectivity index (χ3n) is 5.16. The first-order valence-corrected chi connectivity index (χ1v) is 9.20. The van der Waals surface area contributed by atoms with E-state index in [-0.39, 0.29) is 37.1 Å². The molecule has 0 aromatic heterocycles. The summed E-state index contributed by atoms with van der Waals surface area (Å²) in [5.41, 5.74) is 2.03. The third kappa shape index (κ3) is 3.44. The fraction of sp³-hybridized carbons (Fsp3) is 0.238. The van der Waals surface area contributed by atoms with E-state index in [0.717, 1.165) is 0 Å². The number of carbonyl (C=O) groups is 4. The number of rotatable bonds is 4. The summed E-state index contributed by atoms with van der Waals surface area (Å²) in [6, 6.07) is 11.1. The van der Waals surface area contributed by atoms with E-state index in [0.29, 0.717) is 28.1 Å². The quantitative estimate of drug-likeness (QED) is 0.770. The lowest BCUT2D eigenvalue weighted by atomic mass is 10.0. The molecule has 0 saturated carbocycles. The molecule has 2 aliphatic rings. The molecule has 0 bridgehead atoms. The van der Waals surface area contributed by atoms with Crippen molar-refractivity contribution in [3.63, 3.8) is 0 Å². The molecule has 2 aromatic rings. The first-order chi connectivity index (χ1) is 14.0. The van der Waals surface area contributed by atoms with E-state index in [1.165, 1.54) is 12.0 Å². The van der Waals surface area contributed by atoms with Gasteiger partial charge in [0.25, 0.3) is 11.8 Å². The molecule has 8 nitrogen and oxygen atoms in total. The molecular weight excluding hydrogens is 374 g/mol. The van der Waals surface area contributed by atoms with Gasteiger partial charge in [-0.2, -0.15) is 0 Å². The lowest BCUT2D eigenvalue weighted by Gasteiger charge is -2.29. The predicted molar refractivity (Wildman–Crippen MR) is 103 cm³/mol. The van der Waals surface area contributed by atoms with E-state index in [2.05, 4.69) is 10.6 Å². The topological polar surface area (TPSA) is 105 Å². The van der Waals surface area contributed by atoms with Gasteiger partial charge in [-0.05, 0) is 36.8 Å². The van der Waals surface area contributed by atoms with Crippen LogP contribution in [0.2, 0.25) is 0 Å². The van der Waals surface area contributed by atoms with Crippen LogP contribution in [0.25, 0.3) is 0 Å². The van der Waals surface area contributed by atoms with E-state index >= 15 is 0 Å². The van der Waals surface area contributed by atoms with Crippen LogP contribution in [0.5, 0.6) is 5.75 Å². The van der Waals surface area contributed by atoms with Gasteiger partial charge in [-0.25, -0.2) is 0 Å². The lowest BCUT2D eigenvalue weighted by Crippen LogP contribution is -2.52. The summed E-state index contributed by atoms with van der Waals surface area (Å²) >= 11 is 0. The van der Waals surface area contributed by atoms with Crippen LogP contribution < -0.4 is 15.4 Å². The minimum atomic E-state index is -0.700. The van der Waals surface area contributed by atoms with Gasteiger partial charge in [0.15, 0.2) is 0 Å². The number of piperidine rings is 1. The molecule has 4 amide bonds. The standard InChI is InChI=1S/C21H19N3O5/c1-29-13-5-2-4-12(10-13)19(26)22-16-7-3-6-14-15(16)11-24(21(14)28)17-8-9-18(25)23-20(17)27/h2-7,10,17H,8-9,11H2,1H3,(H,22,26)(H,23,25,27). The zero-order valence-electron chi connectivity index (χ0n) is 15.7. The number of carbonyl (C=O) groups excluding carboxylic acids is 4. The molecule has 0 aliphatic carbocycles. The van der Waals surface area contributed by atoms with Crippen molar-refractivity contribution in [3.05, 3.63) is 59.2 Å². The molecule has 1 fully saturated rings. The normalized spacial score (nSPS) is 18.3. The number of ether oxygens (including phenoxy) is 1. The Kier molecular flexibility index (Phi) is 4.75. The number of fused-ring (bicyclic) bond motifs is 1. The highest BCUT2D eigenvalue weighted by Gasteiger charge is 2.39. The van der Waals surface area contributed by atoms with Crippen LogP contribution in [-0.2, 0) is 16.1 Å². The number of nitrogens with one attached hydrogen (secondary N) is 2. The summed E-state index contributed by atoms with van der Waals surface area (Å²) in [6.07, 6.45) is 0.478. The Labute approximate surface area is 166 Å². The second kappa shape index (κ2) is 7.38. The van der Waals surface area contributed by atoms with Gasteiger partial charge in [-0.1, -0.05) is 12.1 Å². The highest BCUT2D eigenvalue weighted by Crippen LogP contribution is 2.32. The van der Waals surface area contributed by atoms with E-state index in [1.54, 1.807) is 42.5 Å². The molecule has 2 aromatic carbocycles. The summed E-state index contributed by atoms with van der Waals surface area (Å²) in [5.74, 6) is -0.850. The Bertz CT molecular complexity index is 1030. The van der Waals surface area contributed by atoms with Crippen molar-refractivity contribution >= 4 is 29.3 Å². The molecule has 4 rings (SSSR count). The predicted octanol–water partition coefficient (Wildman–Crippen LogP) is 1.71. The van der Waals surface area contributed by atoms with E-state index < -0.39 is 11.9 Å².